The molecule has 0 aromatic carbocycles. The number of aryl methyl sites for hydroxylation is 2. The van der Waals surface area contributed by atoms with E-state index in [4.69, 9.17) is 0 Å². The van der Waals surface area contributed by atoms with Crippen LogP contribution in [0, 0.1) is 0 Å². The van der Waals surface area contributed by atoms with E-state index in [2.05, 4.69) is 66.8 Å². The van der Waals surface area contributed by atoms with Gasteiger partial charge in [0.15, 0.2) is 0 Å². The number of nitrogens with zero attached hydrogens (tertiary/aromatic N) is 2. The van der Waals surface area contributed by atoms with Gasteiger partial charge in [0.25, 0.3) is 0 Å². The zero-order chi connectivity index (χ0) is 10.8. The normalized spacial score (nSPS) is 11.2. The molecule has 2 nitrogen and oxygen atoms in total. The van der Waals surface area contributed by atoms with Gasteiger partial charge in [-0.3, -0.25) is 0 Å². The minimum absolute atomic E-state index is 0.505. The van der Waals surface area contributed by atoms with E-state index < -0.39 is 0 Å². The van der Waals surface area contributed by atoms with Crippen molar-refractivity contribution in [3.63, 3.8) is 0 Å². The SMILES string of the molecule is CCC(c1cccn1C)c1cccn1C. The van der Waals surface area contributed by atoms with E-state index in [9.17, 15) is 0 Å². The van der Waals surface area contributed by atoms with Crippen molar-refractivity contribution in [3.05, 3.63) is 48.0 Å². The summed E-state index contributed by atoms with van der Waals surface area (Å²) in [5.74, 6) is 0.505. The molecule has 0 atom stereocenters. The molecule has 0 amide bonds. The molecule has 0 fully saturated rings. The number of hydrogen-bond acceptors (Lipinski definition) is 0. The first-order valence-corrected chi connectivity index (χ1v) is 5.46. The molecular weight excluding hydrogens is 184 g/mol. The minimum atomic E-state index is 0.505. The van der Waals surface area contributed by atoms with Gasteiger partial charge in [-0.15, -0.1) is 0 Å². The summed E-state index contributed by atoms with van der Waals surface area (Å²) in [5, 5.41) is 0. The van der Waals surface area contributed by atoms with Gasteiger partial charge in [0.2, 0.25) is 0 Å². The van der Waals surface area contributed by atoms with Crippen molar-refractivity contribution in [2.24, 2.45) is 14.1 Å². The Morgan fingerprint density at radius 3 is 1.73 bits per heavy atom. The Morgan fingerprint density at radius 1 is 1.00 bits per heavy atom. The van der Waals surface area contributed by atoms with Gasteiger partial charge in [0.05, 0.1) is 0 Å². The summed E-state index contributed by atoms with van der Waals surface area (Å²) in [6.45, 7) is 2.24. The summed E-state index contributed by atoms with van der Waals surface area (Å²) >= 11 is 0. The largest absolute Gasteiger partial charge is 0.354 e. The monoisotopic (exact) mass is 202 g/mol. The molecule has 80 valence electrons. The van der Waals surface area contributed by atoms with Crippen molar-refractivity contribution in [1.29, 1.82) is 0 Å². The van der Waals surface area contributed by atoms with Gasteiger partial charge in [-0.25, -0.2) is 0 Å². The lowest BCUT2D eigenvalue weighted by Gasteiger charge is -2.17. The topological polar surface area (TPSA) is 9.86 Å². The summed E-state index contributed by atoms with van der Waals surface area (Å²) in [6, 6.07) is 8.64. The zero-order valence-electron chi connectivity index (χ0n) is 9.64. The van der Waals surface area contributed by atoms with Crippen molar-refractivity contribution in [1.82, 2.24) is 9.13 Å². The summed E-state index contributed by atoms with van der Waals surface area (Å²) in [6.07, 6.45) is 5.36. The van der Waals surface area contributed by atoms with Crippen molar-refractivity contribution >= 4 is 0 Å². The molecule has 0 N–H and O–H groups in total. The van der Waals surface area contributed by atoms with Crippen molar-refractivity contribution in [3.8, 4) is 0 Å². The van der Waals surface area contributed by atoms with Crippen LogP contribution in [-0.2, 0) is 14.1 Å². The molecule has 0 bridgehead atoms. The molecule has 0 radical (unpaired) electrons. The van der Waals surface area contributed by atoms with Crippen molar-refractivity contribution in [2.75, 3.05) is 0 Å². The lowest BCUT2D eigenvalue weighted by atomic mass is 9.98. The fourth-order valence-corrected chi connectivity index (χ4v) is 2.24. The van der Waals surface area contributed by atoms with Crippen LogP contribution in [0.4, 0.5) is 0 Å². The molecule has 0 saturated carbocycles. The van der Waals surface area contributed by atoms with Gasteiger partial charge in [-0.1, -0.05) is 6.92 Å². The second-order valence-electron chi connectivity index (χ2n) is 4.05. The Bertz CT molecular complexity index is 397. The standard InChI is InChI=1S/C13H18N2/c1-4-11(12-7-5-9-14(12)2)13-8-6-10-15(13)3/h5-11H,4H2,1-3H3. The van der Waals surface area contributed by atoms with Crippen LogP contribution in [0.15, 0.2) is 36.7 Å². The third-order valence-electron chi connectivity index (χ3n) is 3.09. The predicted octanol–water partition coefficient (Wildman–Crippen LogP) is 2.91. The molecule has 15 heavy (non-hydrogen) atoms. The van der Waals surface area contributed by atoms with E-state index in [-0.39, 0.29) is 0 Å². The summed E-state index contributed by atoms with van der Waals surface area (Å²) in [7, 11) is 4.22. The summed E-state index contributed by atoms with van der Waals surface area (Å²) in [5.41, 5.74) is 2.78. The lowest BCUT2D eigenvalue weighted by molar-refractivity contribution is 0.651. The van der Waals surface area contributed by atoms with Gasteiger partial charge in [-0.2, -0.15) is 0 Å². The summed E-state index contributed by atoms with van der Waals surface area (Å²) < 4.78 is 4.42. The maximum atomic E-state index is 2.24. The van der Waals surface area contributed by atoms with Crippen LogP contribution in [0.2, 0.25) is 0 Å². The van der Waals surface area contributed by atoms with Crippen LogP contribution >= 0.6 is 0 Å². The van der Waals surface area contributed by atoms with Gasteiger partial charge in [0, 0.05) is 43.8 Å². The Labute approximate surface area is 91.2 Å². The molecule has 2 heterocycles. The second-order valence-corrected chi connectivity index (χ2v) is 4.05. The maximum Gasteiger partial charge on any atom is 0.0393 e. The second kappa shape index (κ2) is 3.97. The molecule has 0 spiro atoms. The summed E-state index contributed by atoms with van der Waals surface area (Å²) in [4.78, 5) is 0. The average Bonchev–Trinajstić information content (AvgIpc) is 2.80. The molecule has 0 aliphatic carbocycles. The first kappa shape index (κ1) is 10.1. The molecule has 0 aliphatic rings. The maximum absolute atomic E-state index is 2.24. The lowest BCUT2D eigenvalue weighted by Crippen LogP contribution is -2.08. The smallest absolute Gasteiger partial charge is 0.0393 e. The van der Waals surface area contributed by atoms with Crippen molar-refractivity contribution < 1.29 is 0 Å². The number of hydrogen-bond donors (Lipinski definition) is 0. The Hall–Kier alpha value is -1.44. The van der Waals surface area contributed by atoms with E-state index in [0.717, 1.165) is 6.42 Å². The highest BCUT2D eigenvalue weighted by Crippen LogP contribution is 2.27. The highest BCUT2D eigenvalue weighted by atomic mass is 15.0. The first-order chi connectivity index (χ1) is 7.24. The van der Waals surface area contributed by atoms with E-state index in [1.54, 1.807) is 0 Å². The van der Waals surface area contributed by atoms with Crippen LogP contribution < -0.4 is 0 Å². The highest BCUT2D eigenvalue weighted by Gasteiger charge is 2.16. The highest BCUT2D eigenvalue weighted by molar-refractivity contribution is 5.25. The van der Waals surface area contributed by atoms with Gasteiger partial charge < -0.3 is 9.13 Å². The van der Waals surface area contributed by atoms with E-state index in [1.807, 2.05) is 0 Å². The first-order valence-electron chi connectivity index (χ1n) is 5.46. The molecule has 0 aliphatic heterocycles. The van der Waals surface area contributed by atoms with Gasteiger partial charge in [-0.05, 0) is 30.7 Å². The van der Waals surface area contributed by atoms with Crippen LogP contribution in [0.3, 0.4) is 0 Å². The van der Waals surface area contributed by atoms with E-state index in [0.29, 0.717) is 5.92 Å². The van der Waals surface area contributed by atoms with Crippen LogP contribution in [-0.4, -0.2) is 9.13 Å². The van der Waals surface area contributed by atoms with Gasteiger partial charge in [0.1, 0.15) is 0 Å². The Balaban J connectivity index is 2.41. The number of aromatic nitrogens is 2. The fraction of sp³-hybridized carbons (Fsp3) is 0.385. The molecule has 2 aromatic rings. The molecule has 2 rings (SSSR count). The molecule has 2 heteroatoms. The molecule has 2 aromatic heterocycles. The van der Waals surface area contributed by atoms with Crippen LogP contribution in [0.5, 0.6) is 0 Å². The Morgan fingerprint density at radius 2 is 1.47 bits per heavy atom. The zero-order valence-corrected chi connectivity index (χ0v) is 9.64. The van der Waals surface area contributed by atoms with Gasteiger partial charge >= 0.3 is 0 Å². The molecule has 0 saturated heterocycles. The molecule has 0 unspecified atom stereocenters. The van der Waals surface area contributed by atoms with Crippen LogP contribution in [0.25, 0.3) is 0 Å². The van der Waals surface area contributed by atoms with E-state index >= 15 is 0 Å². The average molecular weight is 202 g/mol. The quantitative estimate of drug-likeness (QED) is 0.724. The predicted molar refractivity (Wildman–Crippen MR) is 63.0 cm³/mol. The number of rotatable bonds is 3. The third kappa shape index (κ3) is 1.72. The van der Waals surface area contributed by atoms with E-state index in [1.165, 1.54) is 11.4 Å². The van der Waals surface area contributed by atoms with Crippen molar-refractivity contribution in [2.45, 2.75) is 19.3 Å². The minimum Gasteiger partial charge on any atom is -0.354 e. The third-order valence-corrected chi connectivity index (χ3v) is 3.09. The Kier molecular flexibility index (Phi) is 2.67. The fourth-order valence-electron chi connectivity index (χ4n) is 2.24. The molecular formula is C13H18N2. The van der Waals surface area contributed by atoms with Crippen LogP contribution in [0.1, 0.15) is 30.7 Å².